The standard InChI is InChI=1S/C12H17BrN2O4S/c13-10-2-1-9(7-11(10)14)20(17,18)15-12(8-16)3-5-19-6-4-12/h1-2,7,15-16H,3-6,8,14H2. The molecule has 112 valence electrons. The van der Waals surface area contributed by atoms with Crippen molar-refractivity contribution in [2.75, 3.05) is 25.6 Å². The number of halogens is 1. The summed E-state index contributed by atoms with van der Waals surface area (Å²) in [6.07, 6.45) is 0.878. The molecule has 2 rings (SSSR count). The molecule has 1 saturated heterocycles. The third-order valence-electron chi connectivity index (χ3n) is 3.38. The molecule has 0 aliphatic carbocycles. The minimum atomic E-state index is -3.74. The first-order valence-electron chi connectivity index (χ1n) is 6.16. The van der Waals surface area contributed by atoms with Crippen molar-refractivity contribution < 1.29 is 18.3 Å². The van der Waals surface area contributed by atoms with Gasteiger partial charge in [-0.25, -0.2) is 13.1 Å². The highest BCUT2D eigenvalue weighted by molar-refractivity contribution is 9.10. The van der Waals surface area contributed by atoms with Gasteiger partial charge in [0.2, 0.25) is 10.0 Å². The number of hydrogen-bond donors (Lipinski definition) is 3. The summed E-state index contributed by atoms with van der Waals surface area (Å²) in [7, 11) is -3.74. The number of anilines is 1. The van der Waals surface area contributed by atoms with E-state index in [4.69, 9.17) is 10.5 Å². The van der Waals surface area contributed by atoms with Crippen LogP contribution in [0.3, 0.4) is 0 Å². The zero-order valence-electron chi connectivity index (χ0n) is 10.8. The molecule has 1 aliphatic rings. The molecule has 6 nitrogen and oxygen atoms in total. The molecule has 0 spiro atoms. The quantitative estimate of drug-likeness (QED) is 0.687. The number of nitrogens with one attached hydrogen (secondary N) is 1. The Morgan fingerprint density at radius 2 is 2.05 bits per heavy atom. The molecular weight excluding hydrogens is 348 g/mol. The number of nitrogens with two attached hydrogens (primary N) is 1. The molecule has 0 atom stereocenters. The average Bonchev–Trinajstić information content (AvgIpc) is 2.42. The van der Waals surface area contributed by atoms with Gasteiger partial charge in [-0.2, -0.15) is 0 Å². The molecule has 1 aromatic rings. The second kappa shape index (κ2) is 5.98. The number of aliphatic hydroxyl groups excluding tert-OH is 1. The molecule has 8 heteroatoms. The minimum absolute atomic E-state index is 0.0810. The zero-order valence-corrected chi connectivity index (χ0v) is 13.2. The van der Waals surface area contributed by atoms with Crippen LogP contribution in [-0.4, -0.2) is 38.9 Å². The van der Waals surface area contributed by atoms with E-state index in [2.05, 4.69) is 20.7 Å². The maximum atomic E-state index is 12.4. The van der Waals surface area contributed by atoms with E-state index in [1.165, 1.54) is 12.1 Å². The first kappa shape index (κ1) is 15.7. The number of benzene rings is 1. The van der Waals surface area contributed by atoms with E-state index in [9.17, 15) is 13.5 Å². The summed E-state index contributed by atoms with van der Waals surface area (Å²) >= 11 is 3.22. The maximum absolute atomic E-state index is 12.4. The molecule has 0 unspecified atom stereocenters. The van der Waals surface area contributed by atoms with E-state index in [0.717, 1.165) is 0 Å². The molecular formula is C12H17BrN2O4S. The largest absolute Gasteiger partial charge is 0.398 e. The third-order valence-corrected chi connectivity index (χ3v) is 5.68. The lowest BCUT2D eigenvalue weighted by Crippen LogP contribution is -2.54. The topological polar surface area (TPSA) is 102 Å². The van der Waals surface area contributed by atoms with E-state index in [-0.39, 0.29) is 11.5 Å². The second-order valence-electron chi connectivity index (χ2n) is 4.84. The summed E-state index contributed by atoms with van der Waals surface area (Å²) in [4.78, 5) is 0.0810. The molecule has 0 aromatic heterocycles. The predicted molar refractivity (Wildman–Crippen MR) is 78.7 cm³/mol. The van der Waals surface area contributed by atoms with E-state index in [1.807, 2.05) is 0 Å². The molecule has 1 aromatic carbocycles. The first-order chi connectivity index (χ1) is 9.38. The van der Waals surface area contributed by atoms with Crippen LogP contribution in [0.2, 0.25) is 0 Å². The highest BCUT2D eigenvalue weighted by Gasteiger charge is 2.36. The number of rotatable bonds is 4. The van der Waals surface area contributed by atoms with Crippen LogP contribution >= 0.6 is 15.9 Å². The Labute approximate surface area is 126 Å². The summed E-state index contributed by atoms with van der Waals surface area (Å²) in [5.74, 6) is 0. The Morgan fingerprint density at radius 1 is 1.40 bits per heavy atom. The molecule has 20 heavy (non-hydrogen) atoms. The van der Waals surface area contributed by atoms with Crippen molar-refractivity contribution in [1.29, 1.82) is 0 Å². The van der Waals surface area contributed by atoms with Gasteiger partial charge in [-0.3, -0.25) is 0 Å². The Kier molecular flexibility index (Phi) is 4.70. The van der Waals surface area contributed by atoms with Gasteiger partial charge >= 0.3 is 0 Å². The van der Waals surface area contributed by atoms with E-state index < -0.39 is 15.6 Å². The number of hydrogen-bond acceptors (Lipinski definition) is 5. The number of aliphatic hydroxyl groups is 1. The van der Waals surface area contributed by atoms with Crippen molar-refractivity contribution in [2.24, 2.45) is 0 Å². The van der Waals surface area contributed by atoms with Crippen LogP contribution in [0.25, 0.3) is 0 Å². The Morgan fingerprint density at radius 3 is 2.60 bits per heavy atom. The van der Waals surface area contributed by atoms with Crippen LogP contribution in [0, 0.1) is 0 Å². The van der Waals surface area contributed by atoms with Gasteiger partial charge in [0.05, 0.1) is 17.0 Å². The van der Waals surface area contributed by atoms with Crippen LogP contribution < -0.4 is 10.5 Å². The van der Waals surface area contributed by atoms with Gasteiger partial charge in [-0.05, 0) is 47.0 Å². The third kappa shape index (κ3) is 3.32. The zero-order chi connectivity index (χ0) is 14.8. The summed E-state index contributed by atoms with van der Waals surface area (Å²) < 4.78 is 33.2. The fourth-order valence-electron chi connectivity index (χ4n) is 2.09. The van der Waals surface area contributed by atoms with Gasteiger partial charge in [0, 0.05) is 23.4 Å². The lowest BCUT2D eigenvalue weighted by Gasteiger charge is -2.35. The highest BCUT2D eigenvalue weighted by Crippen LogP contribution is 2.26. The van der Waals surface area contributed by atoms with Gasteiger partial charge in [0.25, 0.3) is 0 Å². The molecule has 0 amide bonds. The van der Waals surface area contributed by atoms with E-state index in [1.54, 1.807) is 6.07 Å². The fourth-order valence-corrected chi connectivity index (χ4v) is 3.82. The van der Waals surface area contributed by atoms with Gasteiger partial charge in [0.15, 0.2) is 0 Å². The summed E-state index contributed by atoms with van der Waals surface area (Å²) in [5.41, 5.74) is 5.19. The summed E-state index contributed by atoms with van der Waals surface area (Å²) in [6.45, 7) is 0.582. The van der Waals surface area contributed by atoms with Crippen LogP contribution in [-0.2, 0) is 14.8 Å². The van der Waals surface area contributed by atoms with Crippen LogP contribution in [0.4, 0.5) is 5.69 Å². The number of nitrogen functional groups attached to an aromatic ring is 1. The smallest absolute Gasteiger partial charge is 0.241 e. The SMILES string of the molecule is Nc1cc(S(=O)(=O)NC2(CO)CCOCC2)ccc1Br. The monoisotopic (exact) mass is 364 g/mol. The molecule has 0 radical (unpaired) electrons. The van der Waals surface area contributed by atoms with Gasteiger partial charge in [-0.15, -0.1) is 0 Å². The summed E-state index contributed by atoms with van der Waals surface area (Å²) in [5, 5.41) is 9.54. The average molecular weight is 365 g/mol. The highest BCUT2D eigenvalue weighted by atomic mass is 79.9. The fraction of sp³-hybridized carbons (Fsp3) is 0.500. The van der Waals surface area contributed by atoms with Crippen molar-refractivity contribution >= 4 is 31.6 Å². The van der Waals surface area contributed by atoms with Crippen LogP contribution in [0.15, 0.2) is 27.6 Å². The lowest BCUT2D eigenvalue weighted by molar-refractivity contribution is 0.0223. The summed E-state index contributed by atoms with van der Waals surface area (Å²) in [6, 6.07) is 4.43. The van der Waals surface area contributed by atoms with E-state index in [0.29, 0.717) is 36.2 Å². The maximum Gasteiger partial charge on any atom is 0.241 e. The van der Waals surface area contributed by atoms with Crippen molar-refractivity contribution in [3.63, 3.8) is 0 Å². The molecule has 0 saturated carbocycles. The molecule has 1 aliphatic heterocycles. The van der Waals surface area contributed by atoms with Crippen LogP contribution in [0.1, 0.15) is 12.8 Å². The molecule has 1 fully saturated rings. The molecule has 4 N–H and O–H groups in total. The first-order valence-corrected chi connectivity index (χ1v) is 8.44. The van der Waals surface area contributed by atoms with Crippen molar-refractivity contribution in [1.82, 2.24) is 4.72 Å². The van der Waals surface area contributed by atoms with Gasteiger partial charge in [-0.1, -0.05) is 0 Å². The minimum Gasteiger partial charge on any atom is -0.398 e. The second-order valence-corrected chi connectivity index (χ2v) is 7.38. The van der Waals surface area contributed by atoms with Crippen molar-refractivity contribution in [2.45, 2.75) is 23.3 Å². The molecule has 0 bridgehead atoms. The lowest BCUT2D eigenvalue weighted by atomic mass is 9.93. The molecule has 1 heterocycles. The van der Waals surface area contributed by atoms with Gasteiger partial charge < -0.3 is 15.6 Å². The Hall–Kier alpha value is -0.670. The normalized spacial score (nSPS) is 18.9. The van der Waals surface area contributed by atoms with Crippen molar-refractivity contribution in [3.05, 3.63) is 22.7 Å². The number of sulfonamides is 1. The van der Waals surface area contributed by atoms with Crippen LogP contribution in [0.5, 0.6) is 0 Å². The Balaban J connectivity index is 2.27. The predicted octanol–water partition coefficient (Wildman–Crippen LogP) is 0.851. The Bertz CT molecular complexity index is 585. The van der Waals surface area contributed by atoms with Crippen molar-refractivity contribution in [3.8, 4) is 0 Å². The number of ether oxygens (including phenoxy) is 1. The van der Waals surface area contributed by atoms with Gasteiger partial charge in [0.1, 0.15) is 0 Å². The van der Waals surface area contributed by atoms with E-state index >= 15 is 0 Å².